The lowest BCUT2D eigenvalue weighted by molar-refractivity contribution is 0.158. The van der Waals surface area contributed by atoms with Crippen LogP contribution in [0.1, 0.15) is 5.56 Å². The number of halogens is 1. The summed E-state index contributed by atoms with van der Waals surface area (Å²) in [5, 5.41) is 0. The Balaban J connectivity index is 2.37. The van der Waals surface area contributed by atoms with E-state index in [-0.39, 0.29) is 0 Å². The van der Waals surface area contributed by atoms with Crippen molar-refractivity contribution in [3.8, 4) is 0 Å². The van der Waals surface area contributed by atoms with Crippen LogP contribution in [-0.4, -0.2) is 12.7 Å². The van der Waals surface area contributed by atoms with E-state index in [2.05, 4.69) is 27.3 Å². The van der Waals surface area contributed by atoms with Crippen molar-refractivity contribution < 1.29 is 9.53 Å². The maximum atomic E-state index is 10.2. The van der Waals surface area contributed by atoms with Crippen LogP contribution < -0.4 is 5.73 Å². The van der Waals surface area contributed by atoms with Gasteiger partial charge in [0.15, 0.2) is 0 Å². The summed E-state index contributed by atoms with van der Waals surface area (Å²) in [4.78, 5) is 10.2. The smallest absolute Gasteiger partial charge is 0.404 e. The van der Waals surface area contributed by atoms with Crippen LogP contribution in [0.25, 0.3) is 0 Å². The molecule has 0 saturated heterocycles. The van der Waals surface area contributed by atoms with E-state index in [0.29, 0.717) is 13.0 Å². The highest BCUT2D eigenvalue weighted by molar-refractivity contribution is 14.1. The number of carbonyl (C=O) groups is 1. The molecule has 1 aromatic carbocycles. The highest BCUT2D eigenvalue weighted by atomic mass is 127. The minimum atomic E-state index is -0.717. The van der Waals surface area contributed by atoms with Crippen molar-refractivity contribution in [3.05, 3.63) is 33.4 Å². The third-order valence-corrected chi connectivity index (χ3v) is 2.27. The van der Waals surface area contributed by atoms with Crippen molar-refractivity contribution in [2.75, 3.05) is 6.61 Å². The van der Waals surface area contributed by atoms with Crippen LogP contribution in [0.15, 0.2) is 24.3 Å². The van der Waals surface area contributed by atoms with Gasteiger partial charge in [0.1, 0.15) is 0 Å². The summed E-state index contributed by atoms with van der Waals surface area (Å²) in [5.41, 5.74) is 5.96. The minimum Gasteiger partial charge on any atom is -0.449 e. The van der Waals surface area contributed by atoms with Crippen molar-refractivity contribution in [1.82, 2.24) is 0 Å². The Bertz CT molecular complexity index is 284. The molecule has 0 radical (unpaired) electrons. The quantitative estimate of drug-likeness (QED) is 0.865. The average molecular weight is 291 g/mol. The van der Waals surface area contributed by atoms with Gasteiger partial charge in [-0.3, -0.25) is 0 Å². The molecule has 0 bridgehead atoms. The minimum absolute atomic E-state index is 0.343. The third kappa shape index (κ3) is 4.12. The molecular formula is C9H10INO2. The van der Waals surface area contributed by atoms with E-state index in [0.717, 1.165) is 5.56 Å². The molecule has 1 amide bonds. The van der Waals surface area contributed by atoms with E-state index < -0.39 is 6.09 Å². The molecule has 4 heteroatoms. The summed E-state index contributed by atoms with van der Waals surface area (Å²) in [6.45, 7) is 0.343. The van der Waals surface area contributed by atoms with Gasteiger partial charge in [0.25, 0.3) is 0 Å². The number of benzene rings is 1. The van der Waals surface area contributed by atoms with Crippen molar-refractivity contribution in [1.29, 1.82) is 0 Å². The average Bonchev–Trinajstić information content (AvgIpc) is 2.08. The van der Waals surface area contributed by atoms with Gasteiger partial charge in [-0.05, 0) is 40.3 Å². The number of nitrogens with two attached hydrogens (primary N) is 1. The molecule has 0 aliphatic carbocycles. The summed E-state index contributed by atoms with van der Waals surface area (Å²) < 4.78 is 5.80. The molecule has 0 atom stereocenters. The molecule has 1 aromatic rings. The monoisotopic (exact) mass is 291 g/mol. The van der Waals surface area contributed by atoms with Gasteiger partial charge in [0.2, 0.25) is 0 Å². The zero-order chi connectivity index (χ0) is 9.68. The van der Waals surface area contributed by atoms with E-state index >= 15 is 0 Å². The van der Waals surface area contributed by atoms with Crippen LogP contribution in [0.4, 0.5) is 4.79 Å². The van der Waals surface area contributed by atoms with Crippen LogP contribution in [0.2, 0.25) is 0 Å². The first-order valence-electron chi connectivity index (χ1n) is 3.85. The van der Waals surface area contributed by atoms with E-state index in [4.69, 9.17) is 5.73 Å². The Morgan fingerprint density at radius 1 is 1.38 bits per heavy atom. The number of ether oxygens (including phenoxy) is 1. The molecule has 1 rings (SSSR count). The van der Waals surface area contributed by atoms with Gasteiger partial charge >= 0.3 is 6.09 Å². The lowest BCUT2D eigenvalue weighted by Gasteiger charge is -2.01. The molecule has 0 aliphatic heterocycles. The number of amides is 1. The molecule has 0 heterocycles. The van der Waals surface area contributed by atoms with Crippen LogP contribution in [0.5, 0.6) is 0 Å². The first-order valence-corrected chi connectivity index (χ1v) is 4.93. The number of rotatable bonds is 3. The fourth-order valence-corrected chi connectivity index (χ4v) is 1.28. The van der Waals surface area contributed by atoms with Crippen molar-refractivity contribution in [3.63, 3.8) is 0 Å². The SMILES string of the molecule is NC(=O)OCCc1ccc(I)cc1. The predicted molar refractivity (Wildman–Crippen MR) is 58.4 cm³/mol. The molecule has 70 valence electrons. The molecule has 0 saturated carbocycles. The summed E-state index contributed by atoms with van der Waals surface area (Å²) in [6, 6.07) is 8.04. The van der Waals surface area contributed by atoms with Crippen molar-refractivity contribution in [2.45, 2.75) is 6.42 Å². The first-order chi connectivity index (χ1) is 6.18. The Labute approximate surface area is 90.4 Å². The molecule has 13 heavy (non-hydrogen) atoms. The van der Waals surface area contributed by atoms with Gasteiger partial charge in [-0.2, -0.15) is 0 Å². The van der Waals surface area contributed by atoms with Crippen LogP contribution >= 0.6 is 22.6 Å². The summed E-state index contributed by atoms with van der Waals surface area (Å²) in [5.74, 6) is 0. The Kier molecular flexibility index (Phi) is 4.01. The lowest BCUT2D eigenvalue weighted by atomic mass is 10.2. The zero-order valence-corrected chi connectivity index (χ0v) is 9.15. The zero-order valence-electron chi connectivity index (χ0n) is 7.00. The first kappa shape index (κ1) is 10.3. The van der Waals surface area contributed by atoms with Crippen LogP contribution in [0, 0.1) is 3.57 Å². The van der Waals surface area contributed by atoms with Crippen LogP contribution in [0.3, 0.4) is 0 Å². The van der Waals surface area contributed by atoms with Crippen molar-refractivity contribution >= 4 is 28.7 Å². The molecule has 0 aromatic heterocycles. The summed E-state index contributed by atoms with van der Waals surface area (Å²) in [7, 11) is 0. The highest BCUT2D eigenvalue weighted by Gasteiger charge is 1.95. The van der Waals surface area contributed by atoms with Gasteiger partial charge < -0.3 is 10.5 Å². The molecule has 3 nitrogen and oxygen atoms in total. The maximum Gasteiger partial charge on any atom is 0.404 e. The van der Waals surface area contributed by atoms with Gasteiger partial charge in [-0.1, -0.05) is 12.1 Å². The molecule has 0 fully saturated rings. The molecular weight excluding hydrogens is 281 g/mol. The van der Waals surface area contributed by atoms with E-state index in [1.54, 1.807) is 0 Å². The fraction of sp³-hybridized carbons (Fsp3) is 0.222. The van der Waals surface area contributed by atoms with Gasteiger partial charge in [-0.25, -0.2) is 4.79 Å². The topological polar surface area (TPSA) is 52.3 Å². The Morgan fingerprint density at radius 2 is 2.00 bits per heavy atom. The van der Waals surface area contributed by atoms with E-state index in [9.17, 15) is 4.79 Å². The normalized spacial score (nSPS) is 9.62. The predicted octanol–water partition coefficient (Wildman–Crippen LogP) is 1.93. The molecule has 2 N–H and O–H groups in total. The second kappa shape index (κ2) is 5.06. The summed E-state index contributed by atoms with van der Waals surface area (Å²) >= 11 is 2.24. The Hall–Kier alpha value is -0.780. The second-order valence-electron chi connectivity index (χ2n) is 2.54. The fourth-order valence-electron chi connectivity index (χ4n) is 0.921. The third-order valence-electron chi connectivity index (χ3n) is 1.55. The molecule has 0 unspecified atom stereocenters. The summed E-state index contributed by atoms with van der Waals surface area (Å²) in [6.07, 6.45) is -0.00892. The largest absolute Gasteiger partial charge is 0.449 e. The number of carbonyl (C=O) groups excluding carboxylic acids is 1. The second-order valence-corrected chi connectivity index (χ2v) is 3.79. The van der Waals surface area contributed by atoms with Crippen LogP contribution in [-0.2, 0) is 11.2 Å². The number of hydrogen-bond acceptors (Lipinski definition) is 2. The van der Waals surface area contributed by atoms with Gasteiger partial charge in [0.05, 0.1) is 6.61 Å². The van der Waals surface area contributed by atoms with Gasteiger partial charge in [-0.15, -0.1) is 0 Å². The number of hydrogen-bond donors (Lipinski definition) is 1. The molecule has 0 aliphatic rings. The van der Waals surface area contributed by atoms with E-state index in [1.165, 1.54) is 3.57 Å². The maximum absolute atomic E-state index is 10.2. The van der Waals surface area contributed by atoms with Gasteiger partial charge in [0, 0.05) is 9.99 Å². The van der Waals surface area contributed by atoms with E-state index in [1.807, 2.05) is 24.3 Å². The highest BCUT2D eigenvalue weighted by Crippen LogP contribution is 2.07. The Morgan fingerprint density at radius 3 is 2.54 bits per heavy atom. The lowest BCUT2D eigenvalue weighted by Crippen LogP contribution is -2.14. The number of primary amides is 1. The molecule has 0 spiro atoms. The van der Waals surface area contributed by atoms with Crippen molar-refractivity contribution in [2.24, 2.45) is 5.73 Å². The standard InChI is InChI=1S/C9H10INO2/c10-8-3-1-7(2-4-8)5-6-13-9(11)12/h1-4H,5-6H2,(H2,11,12).